The lowest BCUT2D eigenvalue weighted by Gasteiger charge is -2.17. The smallest absolute Gasteiger partial charge is 0.409 e. The van der Waals surface area contributed by atoms with Crippen molar-refractivity contribution in [2.75, 3.05) is 20.2 Å². The number of carbonyl (C=O) groups is 1. The number of hydrogen-bond donors (Lipinski definition) is 0. The van der Waals surface area contributed by atoms with Crippen LogP contribution in [0.5, 0.6) is 0 Å². The molecule has 0 saturated heterocycles. The highest BCUT2D eigenvalue weighted by Gasteiger charge is 2.09. The third-order valence-corrected chi connectivity index (χ3v) is 1.75. The zero-order valence-electron chi connectivity index (χ0n) is 9.45. The van der Waals surface area contributed by atoms with Gasteiger partial charge in [-0.1, -0.05) is 19.9 Å². The number of unbranched alkanes of at least 4 members (excludes halogenated alkanes) is 1. The average molecular weight is 199 g/mol. The van der Waals surface area contributed by atoms with E-state index in [2.05, 4.69) is 6.58 Å². The number of allylic oxidation sites excluding steroid dienone is 1. The van der Waals surface area contributed by atoms with Crippen molar-refractivity contribution in [1.82, 2.24) is 4.90 Å². The molecule has 0 N–H and O–H groups in total. The van der Waals surface area contributed by atoms with Crippen LogP contribution in [0.3, 0.4) is 0 Å². The molecule has 0 aliphatic heterocycles. The van der Waals surface area contributed by atoms with Gasteiger partial charge in [-0.15, -0.1) is 6.58 Å². The number of ether oxygens (including phenoxy) is 1. The van der Waals surface area contributed by atoms with E-state index in [1.165, 1.54) is 0 Å². The Morgan fingerprint density at radius 3 is 2.71 bits per heavy atom. The summed E-state index contributed by atoms with van der Waals surface area (Å²) < 4.78 is 5.06. The SMILES string of the molecule is C=CCCCN(C)C(=O)OCC(C)C. The van der Waals surface area contributed by atoms with E-state index in [4.69, 9.17) is 4.74 Å². The van der Waals surface area contributed by atoms with Crippen molar-refractivity contribution in [1.29, 1.82) is 0 Å². The number of amides is 1. The van der Waals surface area contributed by atoms with Crippen LogP contribution in [-0.2, 0) is 4.74 Å². The molecule has 0 atom stereocenters. The number of rotatable bonds is 6. The fourth-order valence-electron chi connectivity index (χ4n) is 0.912. The van der Waals surface area contributed by atoms with E-state index >= 15 is 0 Å². The lowest BCUT2D eigenvalue weighted by molar-refractivity contribution is 0.0997. The zero-order chi connectivity index (χ0) is 11.0. The zero-order valence-corrected chi connectivity index (χ0v) is 9.45. The molecule has 0 aromatic heterocycles. The average Bonchev–Trinajstić information content (AvgIpc) is 2.14. The Morgan fingerprint density at radius 1 is 1.57 bits per heavy atom. The van der Waals surface area contributed by atoms with Crippen LogP contribution < -0.4 is 0 Å². The van der Waals surface area contributed by atoms with Crippen molar-refractivity contribution in [3.8, 4) is 0 Å². The van der Waals surface area contributed by atoms with Crippen LogP contribution in [-0.4, -0.2) is 31.2 Å². The molecule has 3 heteroatoms. The second-order valence-corrected chi connectivity index (χ2v) is 3.82. The van der Waals surface area contributed by atoms with Crippen LogP contribution in [0.2, 0.25) is 0 Å². The van der Waals surface area contributed by atoms with Crippen molar-refractivity contribution in [2.24, 2.45) is 5.92 Å². The molecule has 3 nitrogen and oxygen atoms in total. The predicted octanol–water partition coefficient (Wildman–Crippen LogP) is 2.68. The summed E-state index contributed by atoms with van der Waals surface area (Å²) in [5.74, 6) is 0.389. The van der Waals surface area contributed by atoms with E-state index < -0.39 is 0 Å². The van der Waals surface area contributed by atoms with Crippen LogP contribution in [0.1, 0.15) is 26.7 Å². The van der Waals surface area contributed by atoms with Gasteiger partial charge in [-0.05, 0) is 18.8 Å². The molecule has 0 heterocycles. The van der Waals surface area contributed by atoms with Gasteiger partial charge in [0.05, 0.1) is 6.61 Å². The van der Waals surface area contributed by atoms with Gasteiger partial charge in [0.15, 0.2) is 0 Å². The highest BCUT2D eigenvalue weighted by atomic mass is 16.6. The maximum absolute atomic E-state index is 11.3. The van der Waals surface area contributed by atoms with Crippen molar-refractivity contribution in [2.45, 2.75) is 26.7 Å². The van der Waals surface area contributed by atoms with Crippen LogP contribution in [0.15, 0.2) is 12.7 Å². The van der Waals surface area contributed by atoms with E-state index in [0.717, 1.165) is 19.4 Å². The van der Waals surface area contributed by atoms with Crippen LogP contribution in [0.4, 0.5) is 4.79 Å². The highest BCUT2D eigenvalue weighted by molar-refractivity contribution is 5.67. The molecular weight excluding hydrogens is 178 g/mol. The molecule has 0 aliphatic rings. The van der Waals surface area contributed by atoms with Gasteiger partial charge in [-0.2, -0.15) is 0 Å². The van der Waals surface area contributed by atoms with E-state index in [0.29, 0.717) is 12.5 Å². The monoisotopic (exact) mass is 199 g/mol. The minimum atomic E-state index is -0.234. The van der Waals surface area contributed by atoms with Crippen molar-refractivity contribution >= 4 is 6.09 Å². The van der Waals surface area contributed by atoms with Gasteiger partial charge in [-0.25, -0.2) is 4.79 Å². The number of nitrogens with zero attached hydrogens (tertiary/aromatic N) is 1. The van der Waals surface area contributed by atoms with Crippen molar-refractivity contribution in [3.05, 3.63) is 12.7 Å². The van der Waals surface area contributed by atoms with Gasteiger partial charge in [0.1, 0.15) is 0 Å². The Balaban J connectivity index is 3.59. The molecular formula is C11H21NO2. The summed E-state index contributed by atoms with van der Waals surface area (Å²) in [7, 11) is 1.76. The highest BCUT2D eigenvalue weighted by Crippen LogP contribution is 1.99. The summed E-state index contributed by atoms with van der Waals surface area (Å²) in [6.07, 6.45) is 3.49. The molecule has 82 valence electrons. The largest absolute Gasteiger partial charge is 0.449 e. The molecule has 0 rings (SSSR count). The second kappa shape index (κ2) is 7.42. The molecule has 0 fully saturated rings. The quantitative estimate of drug-likeness (QED) is 0.486. The minimum Gasteiger partial charge on any atom is -0.449 e. The van der Waals surface area contributed by atoms with Gasteiger partial charge in [-0.3, -0.25) is 0 Å². The topological polar surface area (TPSA) is 29.5 Å². The first-order valence-corrected chi connectivity index (χ1v) is 5.06. The summed E-state index contributed by atoms with van der Waals surface area (Å²) in [5, 5.41) is 0. The van der Waals surface area contributed by atoms with Gasteiger partial charge in [0.25, 0.3) is 0 Å². The van der Waals surface area contributed by atoms with E-state index in [1.54, 1.807) is 11.9 Å². The first kappa shape index (κ1) is 13.0. The first-order chi connectivity index (χ1) is 6.57. The fraction of sp³-hybridized carbons (Fsp3) is 0.727. The molecule has 0 spiro atoms. The number of carbonyl (C=O) groups excluding carboxylic acids is 1. The molecule has 1 amide bonds. The van der Waals surface area contributed by atoms with Gasteiger partial charge in [0.2, 0.25) is 0 Å². The molecule has 14 heavy (non-hydrogen) atoms. The molecule has 0 radical (unpaired) electrons. The third kappa shape index (κ3) is 6.52. The predicted molar refractivity (Wildman–Crippen MR) is 58.2 cm³/mol. The van der Waals surface area contributed by atoms with E-state index in [-0.39, 0.29) is 6.09 Å². The second-order valence-electron chi connectivity index (χ2n) is 3.82. The molecule has 0 bridgehead atoms. The Kier molecular flexibility index (Phi) is 6.89. The van der Waals surface area contributed by atoms with Crippen LogP contribution in [0.25, 0.3) is 0 Å². The lowest BCUT2D eigenvalue weighted by atomic mass is 10.2. The summed E-state index contributed by atoms with van der Waals surface area (Å²) in [6, 6.07) is 0. The fourth-order valence-corrected chi connectivity index (χ4v) is 0.912. The Bertz CT molecular complexity index is 178. The Labute approximate surface area is 86.7 Å². The number of hydrogen-bond acceptors (Lipinski definition) is 2. The Hall–Kier alpha value is -0.990. The summed E-state index contributed by atoms with van der Waals surface area (Å²) >= 11 is 0. The molecule has 0 saturated carbocycles. The molecule has 0 aromatic carbocycles. The van der Waals surface area contributed by atoms with Crippen LogP contribution >= 0.6 is 0 Å². The summed E-state index contributed by atoms with van der Waals surface area (Å²) in [6.45, 7) is 8.88. The maximum atomic E-state index is 11.3. The minimum absolute atomic E-state index is 0.234. The summed E-state index contributed by atoms with van der Waals surface area (Å²) in [5.41, 5.74) is 0. The normalized spacial score (nSPS) is 10.0. The summed E-state index contributed by atoms with van der Waals surface area (Å²) in [4.78, 5) is 12.9. The van der Waals surface area contributed by atoms with Crippen molar-refractivity contribution in [3.63, 3.8) is 0 Å². The molecule has 0 unspecified atom stereocenters. The standard InChI is InChI=1S/C11H21NO2/c1-5-6-7-8-12(4)11(13)14-9-10(2)3/h5,10H,1,6-9H2,2-4H3. The Morgan fingerprint density at radius 2 is 2.21 bits per heavy atom. The van der Waals surface area contributed by atoms with Gasteiger partial charge >= 0.3 is 6.09 Å². The van der Waals surface area contributed by atoms with Gasteiger partial charge < -0.3 is 9.64 Å². The third-order valence-electron chi connectivity index (χ3n) is 1.75. The first-order valence-electron chi connectivity index (χ1n) is 5.06. The molecule has 0 aromatic rings. The molecule has 0 aliphatic carbocycles. The van der Waals surface area contributed by atoms with Crippen molar-refractivity contribution < 1.29 is 9.53 Å². The van der Waals surface area contributed by atoms with E-state index in [1.807, 2.05) is 19.9 Å². The van der Waals surface area contributed by atoms with Crippen LogP contribution in [0, 0.1) is 5.92 Å². The maximum Gasteiger partial charge on any atom is 0.409 e. The van der Waals surface area contributed by atoms with Gasteiger partial charge in [0, 0.05) is 13.6 Å². The lowest BCUT2D eigenvalue weighted by Crippen LogP contribution is -2.29. The van der Waals surface area contributed by atoms with E-state index in [9.17, 15) is 4.79 Å².